The smallest absolute Gasteiger partial charge is 0.157 e. The molecular formula is C16H28O2. The van der Waals surface area contributed by atoms with Crippen molar-refractivity contribution in [2.24, 2.45) is 17.8 Å². The van der Waals surface area contributed by atoms with Crippen LogP contribution in [-0.4, -0.2) is 19.0 Å². The molecule has 0 aromatic heterocycles. The van der Waals surface area contributed by atoms with Crippen molar-refractivity contribution < 1.29 is 9.47 Å². The Labute approximate surface area is 111 Å². The van der Waals surface area contributed by atoms with Crippen molar-refractivity contribution in [2.45, 2.75) is 77.1 Å². The summed E-state index contributed by atoms with van der Waals surface area (Å²) < 4.78 is 12.0. The molecule has 3 fully saturated rings. The van der Waals surface area contributed by atoms with Crippen molar-refractivity contribution >= 4 is 0 Å². The molecule has 2 saturated carbocycles. The molecular weight excluding hydrogens is 224 g/mol. The molecule has 0 amide bonds. The van der Waals surface area contributed by atoms with Crippen LogP contribution in [0.4, 0.5) is 0 Å². The van der Waals surface area contributed by atoms with Crippen molar-refractivity contribution in [2.75, 3.05) is 6.61 Å². The highest BCUT2D eigenvalue weighted by Crippen LogP contribution is 2.41. The standard InChI is InChI=1S/C16H28O2/c1-12-6-9-16(17-11-12)18-15-8-7-13-4-2-3-5-14(13)10-15/h12-16H,2-11H2,1H3. The van der Waals surface area contributed by atoms with E-state index in [1.165, 1.54) is 51.4 Å². The molecule has 1 aliphatic heterocycles. The number of ether oxygens (including phenoxy) is 2. The summed E-state index contributed by atoms with van der Waals surface area (Å²) in [6, 6.07) is 0. The number of fused-ring (bicyclic) bond motifs is 1. The zero-order valence-corrected chi connectivity index (χ0v) is 11.8. The topological polar surface area (TPSA) is 18.5 Å². The molecule has 5 unspecified atom stereocenters. The Balaban J connectivity index is 1.46. The molecule has 104 valence electrons. The van der Waals surface area contributed by atoms with E-state index in [1.54, 1.807) is 0 Å². The van der Waals surface area contributed by atoms with Crippen molar-refractivity contribution in [3.05, 3.63) is 0 Å². The average Bonchev–Trinajstić information content (AvgIpc) is 2.41. The van der Waals surface area contributed by atoms with Gasteiger partial charge in [-0.05, 0) is 49.9 Å². The number of hydrogen-bond acceptors (Lipinski definition) is 2. The maximum Gasteiger partial charge on any atom is 0.157 e. The molecule has 2 aliphatic carbocycles. The Kier molecular flexibility index (Phi) is 4.25. The Morgan fingerprint density at radius 1 is 0.889 bits per heavy atom. The van der Waals surface area contributed by atoms with E-state index >= 15 is 0 Å². The van der Waals surface area contributed by atoms with Gasteiger partial charge in [-0.1, -0.05) is 32.6 Å². The van der Waals surface area contributed by atoms with E-state index in [4.69, 9.17) is 9.47 Å². The van der Waals surface area contributed by atoms with Gasteiger partial charge in [0.1, 0.15) is 0 Å². The van der Waals surface area contributed by atoms with Crippen LogP contribution < -0.4 is 0 Å². The lowest BCUT2D eigenvalue weighted by atomic mass is 9.70. The van der Waals surface area contributed by atoms with E-state index in [0.717, 1.165) is 30.8 Å². The first-order valence-electron chi connectivity index (χ1n) is 8.08. The second kappa shape index (κ2) is 5.92. The predicted molar refractivity (Wildman–Crippen MR) is 72.3 cm³/mol. The van der Waals surface area contributed by atoms with Gasteiger partial charge in [0.05, 0.1) is 12.7 Å². The van der Waals surface area contributed by atoms with E-state index < -0.39 is 0 Å². The third-order valence-corrected chi connectivity index (χ3v) is 5.30. The van der Waals surface area contributed by atoms with Gasteiger partial charge in [0.25, 0.3) is 0 Å². The van der Waals surface area contributed by atoms with E-state index in [1.807, 2.05) is 0 Å². The largest absolute Gasteiger partial charge is 0.352 e. The summed E-state index contributed by atoms with van der Waals surface area (Å²) in [5.41, 5.74) is 0. The minimum absolute atomic E-state index is 0.103. The molecule has 3 rings (SSSR count). The van der Waals surface area contributed by atoms with Gasteiger partial charge in [0, 0.05) is 0 Å². The molecule has 1 saturated heterocycles. The van der Waals surface area contributed by atoms with Gasteiger partial charge in [0.2, 0.25) is 0 Å². The molecule has 3 aliphatic rings. The molecule has 1 heterocycles. The molecule has 0 spiro atoms. The first-order valence-corrected chi connectivity index (χ1v) is 8.08. The van der Waals surface area contributed by atoms with E-state index in [0.29, 0.717) is 6.10 Å². The SMILES string of the molecule is CC1CCC(OC2CCC3CCCCC3C2)OC1. The van der Waals surface area contributed by atoms with Crippen LogP contribution in [0.25, 0.3) is 0 Å². The summed E-state index contributed by atoms with van der Waals surface area (Å²) in [4.78, 5) is 0. The van der Waals surface area contributed by atoms with Crippen molar-refractivity contribution in [1.29, 1.82) is 0 Å². The first-order chi connectivity index (χ1) is 8.81. The van der Waals surface area contributed by atoms with E-state index in [9.17, 15) is 0 Å². The molecule has 0 radical (unpaired) electrons. The lowest BCUT2D eigenvalue weighted by molar-refractivity contribution is -0.207. The summed E-state index contributed by atoms with van der Waals surface area (Å²) in [5, 5.41) is 0. The monoisotopic (exact) mass is 252 g/mol. The Morgan fingerprint density at radius 3 is 2.50 bits per heavy atom. The summed E-state index contributed by atoms with van der Waals surface area (Å²) >= 11 is 0. The summed E-state index contributed by atoms with van der Waals surface area (Å²) in [5.74, 6) is 2.70. The maximum absolute atomic E-state index is 6.21. The van der Waals surface area contributed by atoms with Gasteiger partial charge < -0.3 is 9.47 Å². The van der Waals surface area contributed by atoms with Crippen LogP contribution in [0.2, 0.25) is 0 Å². The van der Waals surface area contributed by atoms with Crippen molar-refractivity contribution in [1.82, 2.24) is 0 Å². The van der Waals surface area contributed by atoms with Gasteiger partial charge in [-0.25, -0.2) is 0 Å². The molecule has 2 heteroatoms. The maximum atomic E-state index is 6.21. The average molecular weight is 252 g/mol. The number of rotatable bonds is 2. The van der Waals surface area contributed by atoms with Crippen LogP contribution in [-0.2, 0) is 9.47 Å². The van der Waals surface area contributed by atoms with Crippen LogP contribution in [0.1, 0.15) is 64.7 Å². The summed E-state index contributed by atoms with van der Waals surface area (Å²) in [7, 11) is 0. The summed E-state index contributed by atoms with van der Waals surface area (Å²) in [6.45, 7) is 3.16. The second-order valence-corrected chi connectivity index (χ2v) is 6.82. The zero-order chi connectivity index (χ0) is 12.4. The highest BCUT2D eigenvalue weighted by atomic mass is 16.7. The Morgan fingerprint density at radius 2 is 1.72 bits per heavy atom. The van der Waals surface area contributed by atoms with Gasteiger partial charge in [0.15, 0.2) is 6.29 Å². The van der Waals surface area contributed by atoms with Crippen LogP contribution >= 0.6 is 0 Å². The van der Waals surface area contributed by atoms with Gasteiger partial charge >= 0.3 is 0 Å². The zero-order valence-electron chi connectivity index (χ0n) is 11.8. The van der Waals surface area contributed by atoms with Crippen LogP contribution in [0, 0.1) is 17.8 Å². The number of hydrogen-bond donors (Lipinski definition) is 0. The molecule has 18 heavy (non-hydrogen) atoms. The molecule has 0 N–H and O–H groups in total. The van der Waals surface area contributed by atoms with Crippen LogP contribution in [0.15, 0.2) is 0 Å². The highest BCUT2D eigenvalue weighted by Gasteiger charge is 2.34. The highest BCUT2D eigenvalue weighted by molar-refractivity contribution is 4.84. The third-order valence-electron chi connectivity index (χ3n) is 5.30. The predicted octanol–water partition coefficient (Wildman–Crippen LogP) is 4.13. The summed E-state index contributed by atoms with van der Waals surface area (Å²) in [6.07, 6.45) is 12.8. The Bertz CT molecular complexity index is 258. The second-order valence-electron chi connectivity index (χ2n) is 6.82. The van der Waals surface area contributed by atoms with E-state index in [2.05, 4.69) is 6.92 Å². The van der Waals surface area contributed by atoms with Gasteiger partial charge in [-0.2, -0.15) is 0 Å². The minimum atomic E-state index is 0.103. The molecule has 5 atom stereocenters. The first kappa shape index (κ1) is 12.9. The van der Waals surface area contributed by atoms with Crippen LogP contribution in [0.5, 0.6) is 0 Å². The van der Waals surface area contributed by atoms with E-state index in [-0.39, 0.29) is 6.29 Å². The van der Waals surface area contributed by atoms with Crippen molar-refractivity contribution in [3.63, 3.8) is 0 Å². The molecule has 0 aromatic carbocycles. The lowest BCUT2D eigenvalue weighted by Crippen LogP contribution is -2.36. The van der Waals surface area contributed by atoms with Crippen molar-refractivity contribution in [3.8, 4) is 0 Å². The van der Waals surface area contributed by atoms with Gasteiger partial charge in [-0.15, -0.1) is 0 Å². The van der Waals surface area contributed by atoms with Crippen LogP contribution in [0.3, 0.4) is 0 Å². The van der Waals surface area contributed by atoms with Gasteiger partial charge in [-0.3, -0.25) is 0 Å². The quantitative estimate of drug-likeness (QED) is 0.688. The molecule has 0 aromatic rings. The normalized spacial score (nSPS) is 45.5. The fourth-order valence-corrected chi connectivity index (χ4v) is 4.13. The minimum Gasteiger partial charge on any atom is -0.352 e. The third kappa shape index (κ3) is 3.08. The lowest BCUT2D eigenvalue weighted by Gasteiger charge is -2.40. The fourth-order valence-electron chi connectivity index (χ4n) is 4.13. The molecule has 2 nitrogen and oxygen atoms in total. The fraction of sp³-hybridized carbons (Fsp3) is 1.00. The molecule has 0 bridgehead atoms. The Hall–Kier alpha value is -0.0800.